The average Bonchev–Trinajstić information content (AvgIpc) is 3.40. The molecule has 3 aromatic heterocycles. The van der Waals surface area contributed by atoms with Crippen LogP contribution in [0, 0.1) is 12.7 Å². The van der Waals surface area contributed by atoms with Crippen LogP contribution < -0.4 is 5.32 Å². The van der Waals surface area contributed by atoms with Crippen molar-refractivity contribution in [3.05, 3.63) is 113 Å². The zero-order valence-electron chi connectivity index (χ0n) is 19.9. The fraction of sp³-hybridized carbons (Fsp3) is 0.179. The van der Waals surface area contributed by atoms with E-state index in [1.54, 1.807) is 37.5 Å². The van der Waals surface area contributed by atoms with Crippen LogP contribution in [0.2, 0.25) is 0 Å². The van der Waals surface area contributed by atoms with Gasteiger partial charge in [-0.2, -0.15) is 0 Å². The van der Waals surface area contributed by atoms with Crippen LogP contribution in [-0.4, -0.2) is 26.6 Å². The summed E-state index contributed by atoms with van der Waals surface area (Å²) in [5.74, 6) is -0.714. The maximum absolute atomic E-state index is 13.3. The van der Waals surface area contributed by atoms with Gasteiger partial charge in [0, 0.05) is 35.5 Å². The summed E-state index contributed by atoms with van der Waals surface area (Å²) in [6.07, 6.45) is 4.88. The summed E-state index contributed by atoms with van der Waals surface area (Å²) >= 11 is 0. The summed E-state index contributed by atoms with van der Waals surface area (Å²) in [6.45, 7) is 3.77. The van der Waals surface area contributed by atoms with E-state index in [0.29, 0.717) is 17.7 Å². The number of oxime groups is 1. The number of benzene rings is 1. The van der Waals surface area contributed by atoms with Gasteiger partial charge in [0.25, 0.3) is 5.91 Å². The summed E-state index contributed by atoms with van der Waals surface area (Å²) < 4.78 is 13.3. The Morgan fingerprint density at radius 2 is 1.89 bits per heavy atom. The second-order valence-corrected chi connectivity index (χ2v) is 8.71. The van der Waals surface area contributed by atoms with Gasteiger partial charge in [-0.3, -0.25) is 19.7 Å². The Morgan fingerprint density at radius 3 is 2.61 bits per heavy atom. The molecule has 0 unspecified atom stereocenters. The summed E-state index contributed by atoms with van der Waals surface area (Å²) in [5, 5.41) is 7.26. The number of hydrogen-bond donors (Lipinski definition) is 1. The highest BCUT2D eigenvalue weighted by Crippen LogP contribution is 2.30. The highest BCUT2D eigenvalue weighted by molar-refractivity contribution is 6.05. The molecule has 0 fully saturated rings. The number of aryl methyl sites for hydroxylation is 1. The lowest BCUT2D eigenvalue weighted by Crippen LogP contribution is -2.27. The number of hydrogen-bond acceptors (Lipinski definition) is 6. The molecular formula is C28H24FN5O2. The molecule has 0 bridgehead atoms. The van der Waals surface area contributed by atoms with Crippen LogP contribution >= 0.6 is 0 Å². The van der Waals surface area contributed by atoms with Crippen molar-refractivity contribution < 1.29 is 14.0 Å². The number of halogens is 1. The van der Waals surface area contributed by atoms with Gasteiger partial charge in [-0.1, -0.05) is 17.3 Å². The van der Waals surface area contributed by atoms with Crippen LogP contribution in [0.5, 0.6) is 0 Å². The quantitative estimate of drug-likeness (QED) is 0.401. The molecule has 0 saturated carbocycles. The number of carbonyl (C=O) groups excluding carboxylic acids is 1. The number of amides is 1. The number of carbonyl (C=O) groups is 1. The molecule has 1 aromatic carbocycles. The summed E-state index contributed by atoms with van der Waals surface area (Å²) in [4.78, 5) is 31.9. The highest BCUT2D eigenvalue weighted by Gasteiger charge is 2.26. The van der Waals surface area contributed by atoms with E-state index < -0.39 is 11.9 Å². The van der Waals surface area contributed by atoms with Gasteiger partial charge in [0.1, 0.15) is 5.82 Å². The standard InChI is InChI=1S/C28H24FN5O2/c1-17-6-8-24(31-15-17)19-11-20(26-14-27(36-34-26)25-5-3-4-10-30-25)13-21(12-19)28(35)33-18(2)23-9-7-22(29)16-32-23/h3-13,15-16,18,27H,14H2,1-2H3,(H,33,35)/t18-,27-/m0/s1. The molecule has 4 heterocycles. The lowest BCUT2D eigenvalue weighted by molar-refractivity contribution is 0.0826. The van der Waals surface area contributed by atoms with Crippen LogP contribution in [-0.2, 0) is 4.84 Å². The zero-order valence-corrected chi connectivity index (χ0v) is 19.9. The predicted octanol–water partition coefficient (Wildman–Crippen LogP) is 5.34. The van der Waals surface area contributed by atoms with Crippen LogP contribution in [0.3, 0.4) is 0 Å². The van der Waals surface area contributed by atoms with Crippen molar-refractivity contribution in [1.29, 1.82) is 0 Å². The van der Waals surface area contributed by atoms with Crippen molar-refractivity contribution in [3.8, 4) is 11.3 Å². The third-order valence-electron chi connectivity index (χ3n) is 5.96. The van der Waals surface area contributed by atoms with Crippen LogP contribution in [0.4, 0.5) is 4.39 Å². The molecule has 4 aromatic rings. The Morgan fingerprint density at radius 1 is 1.03 bits per heavy atom. The Hall–Kier alpha value is -4.46. The second kappa shape index (κ2) is 10.0. The van der Waals surface area contributed by atoms with E-state index in [4.69, 9.17) is 4.84 Å². The van der Waals surface area contributed by atoms with E-state index in [-0.39, 0.29) is 12.0 Å². The molecule has 0 aliphatic carbocycles. The molecule has 1 amide bonds. The second-order valence-electron chi connectivity index (χ2n) is 8.71. The van der Waals surface area contributed by atoms with E-state index in [2.05, 4.69) is 25.4 Å². The molecule has 0 saturated heterocycles. The molecule has 0 radical (unpaired) electrons. The van der Waals surface area contributed by atoms with Crippen molar-refractivity contribution in [2.75, 3.05) is 0 Å². The maximum Gasteiger partial charge on any atom is 0.251 e. The van der Waals surface area contributed by atoms with Gasteiger partial charge in [0.15, 0.2) is 6.10 Å². The average molecular weight is 482 g/mol. The zero-order chi connectivity index (χ0) is 25.1. The first-order chi connectivity index (χ1) is 17.5. The van der Waals surface area contributed by atoms with Gasteiger partial charge in [-0.05, 0) is 67.9 Å². The number of pyridine rings is 3. The fourth-order valence-corrected chi connectivity index (χ4v) is 3.98. The first kappa shape index (κ1) is 23.3. The van der Waals surface area contributed by atoms with E-state index in [0.717, 1.165) is 40.0 Å². The highest BCUT2D eigenvalue weighted by atomic mass is 19.1. The normalized spacial score (nSPS) is 15.6. The number of nitrogens with zero attached hydrogens (tertiary/aromatic N) is 4. The lowest BCUT2D eigenvalue weighted by Gasteiger charge is -2.15. The Kier molecular flexibility index (Phi) is 6.49. The Labute approximate surface area is 208 Å². The van der Waals surface area contributed by atoms with Gasteiger partial charge in [-0.15, -0.1) is 0 Å². The SMILES string of the molecule is Cc1ccc(-c2cc(C(=O)N[C@@H](C)c3ccc(F)cn3)cc(C3=NO[C@H](c4ccccn4)C3)c2)nc1. The van der Waals surface area contributed by atoms with Gasteiger partial charge in [-0.25, -0.2) is 4.39 Å². The smallest absolute Gasteiger partial charge is 0.251 e. The van der Waals surface area contributed by atoms with Gasteiger partial charge < -0.3 is 10.2 Å². The van der Waals surface area contributed by atoms with Gasteiger partial charge in [0.2, 0.25) is 0 Å². The minimum Gasteiger partial charge on any atom is -0.385 e. The number of aromatic nitrogens is 3. The van der Waals surface area contributed by atoms with Crippen molar-refractivity contribution in [3.63, 3.8) is 0 Å². The topological polar surface area (TPSA) is 89.4 Å². The lowest BCUT2D eigenvalue weighted by atomic mass is 9.96. The maximum atomic E-state index is 13.3. The fourth-order valence-electron chi connectivity index (χ4n) is 3.98. The van der Waals surface area contributed by atoms with E-state index in [9.17, 15) is 9.18 Å². The molecule has 1 aliphatic rings. The van der Waals surface area contributed by atoms with Crippen LogP contribution in [0.1, 0.15) is 58.4 Å². The summed E-state index contributed by atoms with van der Waals surface area (Å²) in [6, 6.07) is 17.6. The predicted molar refractivity (Wildman–Crippen MR) is 134 cm³/mol. The Balaban J connectivity index is 1.45. The monoisotopic (exact) mass is 481 g/mol. The molecule has 36 heavy (non-hydrogen) atoms. The van der Waals surface area contributed by atoms with Crippen molar-refractivity contribution in [1.82, 2.24) is 20.3 Å². The van der Waals surface area contributed by atoms with Crippen molar-refractivity contribution in [2.24, 2.45) is 5.16 Å². The molecule has 1 aliphatic heterocycles. The van der Waals surface area contributed by atoms with Crippen molar-refractivity contribution >= 4 is 11.6 Å². The molecule has 8 heteroatoms. The van der Waals surface area contributed by atoms with Gasteiger partial charge >= 0.3 is 0 Å². The molecule has 0 spiro atoms. The number of nitrogens with one attached hydrogen (secondary N) is 1. The Bertz CT molecular complexity index is 1410. The molecule has 2 atom stereocenters. The van der Waals surface area contributed by atoms with E-state index in [1.165, 1.54) is 6.07 Å². The van der Waals surface area contributed by atoms with Crippen LogP contribution in [0.25, 0.3) is 11.3 Å². The molecule has 5 rings (SSSR count). The molecule has 7 nitrogen and oxygen atoms in total. The summed E-state index contributed by atoms with van der Waals surface area (Å²) in [5.41, 5.74) is 5.87. The van der Waals surface area contributed by atoms with E-state index >= 15 is 0 Å². The molecule has 180 valence electrons. The van der Waals surface area contributed by atoms with Gasteiger partial charge in [0.05, 0.1) is 35.0 Å². The molecule has 1 N–H and O–H groups in total. The minimum atomic E-state index is -0.427. The first-order valence-corrected chi connectivity index (χ1v) is 11.6. The third-order valence-corrected chi connectivity index (χ3v) is 5.96. The van der Waals surface area contributed by atoms with Crippen molar-refractivity contribution in [2.45, 2.75) is 32.4 Å². The minimum absolute atomic E-state index is 0.287. The first-order valence-electron chi connectivity index (χ1n) is 11.6. The molecular weight excluding hydrogens is 457 g/mol. The van der Waals surface area contributed by atoms with E-state index in [1.807, 2.05) is 43.3 Å². The largest absolute Gasteiger partial charge is 0.385 e. The third kappa shape index (κ3) is 5.12. The van der Waals surface area contributed by atoms with Crippen LogP contribution in [0.15, 0.2) is 84.4 Å². The number of rotatable bonds is 6. The summed E-state index contributed by atoms with van der Waals surface area (Å²) in [7, 11) is 0.